The first-order valence-electron chi connectivity index (χ1n) is 5.18. The standard InChI is InChI=1S/C13H17NO/c1-2-3-7-10-14-11-13(15)12-8-5-4-6-9-12/h4-6,8-9,13-15H,7,10-11H2,1H3. The second-order valence-corrected chi connectivity index (χ2v) is 3.31. The topological polar surface area (TPSA) is 32.3 Å². The second-order valence-electron chi connectivity index (χ2n) is 3.31. The minimum atomic E-state index is -0.430. The van der Waals surface area contributed by atoms with Crippen LogP contribution in [-0.4, -0.2) is 18.2 Å². The maximum Gasteiger partial charge on any atom is 0.0914 e. The third kappa shape index (κ3) is 4.64. The van der Waals surface area contributed by atoms with E-state index in [9.17, 15) is 5.11 Å². The Morgan fingerprint density at radius 1 is 1.33 bits per heavy atom. The maximum absolute atomic E-state index is 9.78. The monoisotopic (exact) mass is 203 g/mol. The van der Waals surface area contributed by atoms with Crippen molar-refractivity contribution in [3.63, 3.8) is 0 Å². The van der Waals surface area contributed by atoms with Crippen LogP contribution in [0.15, 0.2) is 30.3 Å². The highest BCUT2D eigenvalue weighted by Crippen LogP contribution is 2.10. The van der Waals surface area contributed by atoms with E-state index >= 15 is 0 Å². The van der Waals surface area contributed by atoms with Crippen LogP contribution in [0, 0.1) is 11.8 Å². The average Bonchev–Trinajstić information content (AvgIpc) is 2.30. The lowest BCUT2D eigenvalue weighted by Gasteiger charge is -2.11. The molecule has 0 amide bonds. The molecule has 0 saturated heterocycles. The summed E-state index contributed by atoms with van der Waals surface area (Å²) >= 11 is 0. The van der Waals surface area contributed by atoms with E-state index in [0.29, 0.717) is 6.54 Å². The van der Waals surface area contributed by atoms with E-state index in [1.54, 1.807) is 0 Å². The Hall–Kier alpha value is -1.30. The second kappa shape index (κ2) is 7.05. The summed E-state index contributed by atoms with van der Waals surface area (Å²) in [5.74, 6) is 5.80. The molecule has 0 aliphatic heterocycles. The highest BCUT2D eigenvalue weighted by atomic mass is 16.3. The maximum atomic E-state index is 9.78. The van der Waals surface area contributed by atoms with E-state index in [1.165, 1.54) is 0 Å². The van der Waals surface area contributed by atoms with Gasteiger partial charge >= 0.3 is 0 Å². The van der Waals surface area contributed by atoms with Crippen molar-refractivity contribution in [1.29, 1.82) is 0 Å². The van der Waals surface area contributed by atoms with Gasteiger partial charge in [-0.15, -0.1) is 11.8 Å². The van der Waals surface area contributed by atoms with Crippen LogP contribution in [0.2, 0.25) is 0 Å². The van der Waals surface area contributed by atoms with Crippen molar-refractivity contribution in [1.82, 2.24) is 5.32 Å². The Kier molecular flexibility index (Phi) is 5.54. The minimum absolute atomic E-state index is 0.430. The van der Waals surface area contributed by atoms with E-state index in [4.69, 9.17) is 0 Å². The smallest absolute Gasteiger partial charge is 0.0914 e. The first-order chi connectivity index (χ1) is 7.34. The van der Waals surface area contributed by atoms with E-state index in [-0.39, 0.29) is 0 Å². The molecule has 1 unspecified atom stereocenters. The molecule has 2 N–H and O–H groups in total. The Bertz CT molecular complexity index is 323. The number of hydrogen-bond donors (Lipinski definition) is 2. The molecular formula is C13H17NO. The number of benzene rings is 1. The predicted molar refractivity (Wildman–Crippen MR) is 62.3 cm³/mol. The zero-order valence-corrected chi connectivity index (χ0v) is 9.03. The van der Waals surface area contributed by atoms with Crippen LogP contribution in [0.3, 0.4) is 0 Å². The minimum Gasteiger partial charge on any atom is -0.387 e. The molecule has 2 nitrogen and oxygen atoms in total. The highest BCUT2D eigenvalue weighted by Gasteiger charge is 2.04. The van der Waals surface area contributed by atoms with Gasteiger partial charge in [0, 0.05) is 19.5 Å². The van der Waals surface area contributed by atoms with Gasteiger partial charge in [0.05, 0.1) is 6.10 Å². The van der Waals surface area contributed by atoms with Crippen molar-refractivity contribution in [2.45, 2.75) is 19.4 Å². The fourth-order valence-electron chi connectivity index (χ4n) is 1.31. The molecule has 0 spiro atoms. The van der Waals surface area contributed by atoms with E-state index < -0.39 is 6.10 Å². The molecule has 1 aromatic carbocycles. The largest absolute Gasteiger partial charge is 0.387 e. The molecule has 80 valence electrons. The Morgan fingerprint density at radius 3 is 2.73 bits per heavy atom. The molecule has 1 atom stereocenters. The predicted octanol–water partition coefficient (Wildman–Crippen LogP) is 1.72. The number of aliphatic hydroxyl groups excluding tert-OH is 1. The molecule has 0 fully saturated rings. The molecule has 1 rings (SSSR count). The van der Waals surface area contributed by atoms with Gasteiger partial charge in [0.15, 0.2) is 0 Å². The average molecular weight is 203 g/mol. The Balaban J connectivity index is 2.24. The van der Waals surface area contributed by atoms with Gasteiger partial charge in [-0.2, -0.15) is 0 Å². The summed E-state index contributed by atoms with van der Waals surface area (Å²) in [6.45, 7) is 3.24. The normalized spacial score (nSPS) is 11.6. The molecule has 0 aliphatic rings. The molecule has 0 aliphatic carbocycles. The van der Waals surface area contributed by atoms with Gasteiger partial charge in [0.25, 0.3) is 0 Å². The lowest BCUT2D eigenvalue weighted by atomic mass is 10.1. The van der Waals surface area contributed by atoms with Crippen LogP contribution in [0.1, 0.15) is 25.0 Å². The van der Waals surface area contributed by atoms with Crippen molar-refractivity contribution in [2.75, 3.05) is 13.1 Å². The van der Waals surface area contributed by atoms with Crippen LogP contribution < -0.4 is 5.32 Å². The fourth-order valence-corrected chi connectivity index (χ4v) is 1.31. The van der Waals surface area contributed by atoms with E-state index in [0.717, 1.165) is 18.5 Å². The highest BCUT2D eigenvalue weighted by molar-refractivity contribution is 5.17. The molecule has 0 bridgehead atoms. The van der Waals surface area contributed by atoms with Gasteiger partial charge in [0.2, 0.25) is 0 Å². The van der Waals surface area contributed by atoms with Crippen LogP contribution in [-0.2, 0) is 0 Å². The molecule has 0 radical (unpaired) electrons. The summed E-state index contributed by atoms with van der Waals surface area (Å²) in [5, 5.41) is 12.9. The quantitative estimate of drug-likeness (QED) is 0.564. The molecule has 0 saturated carbocycles. The van der Waals surface area contributed by atoms with Crippen molar-refractivity contribution in [3.05, 3.63) is 35.9 Å². The number of hydrogen-bond acceptors (Lipinski definition) is 2. The first kappa shape index (κ1) is 11.8. The molecule has 2 heteroatoms. The van der Waals surface area contributed by atoms with Crippen molar-refractivity contribution in [2.24, 2.45) is 0 Å². The van der Waals surface area contributed by atoms with Gasteiger partial charge in [0.1, 0.15) is 0 Å². The zero-order valence-electron chi connectivity index (χ0n) is 9.03. The SMILES string of the molecule is CC#CCCNCC(O)c1ccccc1. The first-order valence-corrected chi connectivity index (χ1v) is 5.18. The summed E-state index contributed by atoms with van der Waals surface area (Å²) in [6, 6.07) is 9.67. The molecule has 15 heavy (non-hydrogen) atoms. The summed E-state index contributed by atoms with van der Waals surface area (Å²) in [6.07, 6.45) is 0.402. The van der Waals surface area contributed by atoms with Gasteiger partial charge in [-0.3, -0.25) is 0 Å². The Labute approximate surface area is 91.3 Å². The van der Waals surface area contributed by atoms with Crippen LogP contribution in [0.5, 0.6) is 0 Å². The van der Waals surface area contributed by atoms with Crippen LogP contribution in [0.4, 0.5) is 0 Å². The zero-order chi connectivity index (χ0) is 10.9. The molecule has 1 aromatic rings. The third-order valence-electron chi connectivity index (χ3n) is 2.13. The summed E-state index contributed by atoms with van der Waals surface area (Å²) < 4.78 is 0. The van der Waals surface area contributed by atoms with Gasteiger partial charge in [-0.05, 0) is 12.5 Å². The molecule has 0 aromatic heterocycles. The third-order valence-corrected chi connectivity index (χ3v) is 2.13. The van der Waals surface area contributed by atoms with Crippen LogP contribution in [0.25, 0.3) is 0 Å². The van der Waals surface area contributed by atoms with Crippen molar-refractivity contribution >= 4 is 0 Å². The fraction of sp³-hybridized carbons (Fsp3) is 0.385. The molecular weight excluding hydrogens is 186 g/mol. The summed E-state index contributed by atoms with van der Waals surface area (Å²) in [5.41, 5.74) is 0.951. The number of rotatable bonds is 5. The van der Waals surface area contributed by atoms with Crippen LogP contribution >= 0.6 is 0 Å². The Morgan fingerprint density at radius 2 is 2.07 bits per heavy atom. The van der Waals surface area contributed by atoms with Gasteiger partial charge < -0.3 is 10.4 Å². The number of aliphatic hydroxyl groups is 1. The lowest BCUT2D eigenvalue weighted by Crippen LogP contribution is -2.22. The lowest BCUT2D eigenvalue weighted by molar-refractivity contribution is 0.175. The van der Waals surface area contributed by atoms with Gasteiger partial charge in [-0.1, -0.05) is 30.3 Å². The summed E-state index contributed by atoms with van der Waals surface area (Å²) in [7, 11) is 0. The van der Waals surface area contributed by atoms with E-state index in [2.05, 4.69) is 17.2 Å². The molecule has 0 heterocycles. The number of nitrogens with one attached hydrogen (secondary N) is 1. The van der Waals surface area contributed by atoms with Crippen molar-refractivity contribution in [3.8, 4) is 11.8 Å². The van der Waals surface area contributed by atoms with Crippen molar-refractivity contribution < 1.29 is 5.11 Å². The van der Waals surface area contributed by atoms with E-state index in [1.807, 2.05) is 37.3 Å². The summed E-state index contributed by atoms with van der Waals surface area (Å²) in [4.78, 5) is 0. The van der Waals surface area contributed by atoms with Gasteiger partial charge in [-0.25, -0.2) is 0 Å².